The fourth-order valence-electron chi connectivity index (χ4n) is 2.31. The summed E-state index contributed by atoms with van der Waals surface area (Å²) >= 11 is 3.51. The van der Waals surface area contributed by atoms with E-state index in [2.05, 4.69) is 75.2 Å². The molecule has 1 N–H and O–H groups in total. The molecule has 1 aromatic carbocycles. The van der Waals surface area contributed by atoms with E-state index in [4.69, 9.17) is 0 Å². The lowest BCUT2D eigenvalue weighted by Gasteiger charge is -2.22. The molecule has 2 aromatic rings. The van der Waals surface area contributed by atoms with E-state index in [0.717, 1.165) is 40.5 Å². The average Bonchev–Trinajstić information content (AvgIpc) is 2.47. The van der Waals surface area contributed by atoms with Crippen LogP contribution in [0, 0.1) is 6.92 Å². The van der Waals surface area contributed by atoms with E-state index in [1.807, 2.05) is 13.1 Å². The summed E-state index contributed by atoms with van der Waals surface area (Å²) < 4.78 is 1.10. The Labute approximate surface area is 134 Å². The summed E-state index contributed by atoms with van der Waals surface area (Å²) in [6, 6.07) is 8.34. The highest BCUT2D eigenvalue weighted by atomic mass is 79.9. The van der Waals surface area contributed by atoms with Gasteiger partial charge in [-0.1, -0.05) is 35.0 Å². The molecule has 0 spiro atoms. The van der Waals surface area contributed by atoms with Crippen LogP contribution in [0.2, 0.25) is 0 Å². The van der Waals surface area contributed by atoms with E-state index in [-0.39, 0.29) is 0 Å². The van der Waals surface area contributed by atoms with Crippen LogP contribution in [0.5, 0.6) is 0 Å². The molecule has 0 amide bonds. The molecule has 0 aliphatic rings. The lowest BCUT2D eigenvalue weighted by molar-refractivity contribution is 0.850. The quantitative estimate of drug-likeness (QED) is 0.892. The first-order chi connectivity index (χ1) is 10.0. The molecule has 0 unspecified atom stereocenters. The van der Waals surface area contributed by atoms with E-state index < -0.39 is 0 Å². The molecule has 0 aliphatic heterocycles. The molecule has 0 bridgehead atoms. The van der Waals surface area contributed by atoms with Crippen LogP contribution in [0.4, 0.5) is 11.6 Å². The maximum absolute atomic E-state index is 4.68. The number of rotatable bonds is 5. The molecule has 5 heteroatoms. The molecular weight excluding hydrogens is 328 g/mol. The summed E-state index contributed by atoms with van der Waals surface area (Å²) in [6.45, 7) is 4.93. The van der Waals surface area contributed by atoms with Crippen LogP contribution in [0.15, 0.2) is 28.7 Å². The van der Waals surface area contributed by atoms with Crippen molar-refractivity contribution in [1.29, 1.82) is 0 Å². The zero-order valence-corrected chi connectivity index (χ0v) is 14.5. The maximum Gasteiger partial charge on any atom is 0.137 e. The Morgan fingerprint density at radius 2 is 2.05 bits per heavy atom. The van der Waals surface area contributed by atoms with Gasteiger partial charge in [0.15, 0.2) is 0 Å². The number of hydrogen-bond donors (Lipinski definition) is 1. The van der Waals surface area contributed by atoms with Gasteiger partial charge in [0.1, 0.15) is 17.5 Å². The predicted molar refractivity (Wildman–Crippen MR) is 91.9 cm³/mol. The van der Waals surface area contributed by atoms with E-state index in [9.17, 15) is 0 Å². The maximum atomic E-state index is 4.68. The van der Waals surface area contributed by atoms with Crippen LogP contribution < -0.4 is 10.2 Å². The van der Waals surface area contributed by atoms with Gasteiger partial charge in [-0.2, -0.15) is 0 Å². The van der Waals surface area contributed by atoms with Crippen molar-refractivity contribution < 1.29 is 0 Å². The van der Waals surface area contributed by atoms with E-state index in [1.54, 1.807) is 0 Å². The van der Waals surface area contributed by atoms with Gasteiger partial charge in [-0.25, -0.2) is 9.97 Å². The highest BCUT2D eigenvalue weighted by molar-refractivity contribution is 9.10. The molecule has 2 rings (SSSR count). The van der Waals surface area contributed by atoms with Gasteiger partial charge in [-0.3, -0.25) is 0 Å². The first-order valence-corrected chi connectivity index (χ1v) is 7.85. The number of benzene rings is 1. The van der Waals surface area contributed by atoms with Gasteiger partial charge in [0, 0.05) is 37.1 Å². The van der Waals surface area contributed by atoms with Crippen molar-refractivity contribution in [2.24, 2.45) is 0 Å². The standard InChI is InChI=1S/C16H21BrN4/c1-5-14-19-15(18-3)11(2)16(20-14)21(4)10-12-7-6-8-13(17)9-12/h6-9H,5,10H2,1-4H3,(H,18,19,20). The number of halogens is 1. The lowest BCUT2D eigenvalue weighted by atomic mass is 10.2. The molecule has 21 heavy (non-hydrogen) atoms. The highest BCUT2D eigenvalue weighted by Crippen LogP contribution is 2.24. The summed E-state index contributed by atoms with van der Waals surface area (Å²) in [5.41, 5.74) is 2.32. The van der Waals surface area contributed by atoms with Gasteiger partial charge in [0.05, 0.1) is 0 Å². The first kappa shape index (κ1) is 15.8. The second-order valence-corrected chi connectivity index (χ2v) is 5.94. The van der Waals surface area contributed by atoms with Crippen molar-refractivity contribution in [3.63, 3.8) is 0 Å². The fraction of sp³-hybridized carbons (Fsp3) is 0.375. The average molecular weight is 349 g/mol. The van der Waals surface area contributed by atoms with Crippen molar-refractivity contribution in [3.8, 4) is 0 Å². The predicted octanol–water partition coefficient (Wildman–Crippen LogP) is 3.79. The number of nitrogens with zero attached hydrogens (tertiary/aromatic N) is 3. The molecule has 0 saturated heterocycles. The van der Waals surface area contributed by atoms with Crippen LogP contribution in [0.3, 0.4) is 0 Å². The molecule has 0 radical (unpaired) electrons. The van der Waals surface area contributed by atoms with Gasteiger partial charge >= 0.3 is 0 Å². The topological polar surface area (TPSA) is 41.1 Å². The monoisotopic (exact) mass is 348 g/mol. The molecule has 0 saturated carbocycles. The largest absolute Gasteiger partial charge is 0.373 e. The van der Waals surface area contributed by atoms with E-state index in [1.165, 1.54) is 5.56 Å². The summed E-state index contributed by atoms with van der Waals surface area (Å²) in [4.78, 5) is 11.4. The normalized spacial score (nSPS) is 10.5. The third kappa shape index (κ3) is 3.73. The third-order valence-electron chi connectivity index (χ3n) is 3.39. The van der Waals surface area contributed by atoms with Crippen LogP contribution in [0.1, 0.15) is 23.9 Å². The van der Waals surface area contributed by atoms with Crippen LogP contribution in [-0.2, 0) is 13.0 Å². The Bertz CT molecular complexity index is 628. The van der Waals surface area contributed by atoms with Gasteiger partial charge in [0.25, 0.3) is 0 Å². The fourth-order valence-corrected chi connectivity index (χ4v) is 2.75. The van der Waals surface area contributed by atoms with Gasteiger partial charge < -0.3 is 10.2 Å². The van der Waals surface area contributed by atoms with Crippen LogP contribution in [-0.4, -0.2) is 24.1 Å². The Balaban J connectivity index is 2.32. The Morgan fingerprint density at radius 1 is 1.29 bits per heavy atom. The Kier molecular flexibility index (Phi) is 5.17. The number of aromatic nitrogens is 2. The van der Waals surface area contributed by atoms with Crippen LogP contribution in [0.25, 0.3) is 0 Å². The van der Waals surface area contributed by atoms with Crippen molar-refractivity contribution in [2.45, 2.75) is 26.8 Å². The third-order valence-corrected chi connectivity index (χ3v) is 3.88. The molecule has 0 aliphatic carbocycles. The number of nitrogens with one attached hydrogen (secondary N) is 1. The van der Waals surface area contributed by atoms with Crippen molar-refractivity contribution in [3.05, 3.63) is 45.7 Å². The molecular formula is C16H21BrN4. The minimum Gasteiger partial charge on any atom is -0.373 e. The van der Waals surface area contributed by atoms with Crippen molar-refractivity contribution >= 4 is 27.6 Å². The summed E-state index contributed by atoms with van der Waals surface area (Å²) in [5.74, 6) is 2.74. The SMILES string of the molecule is CCc1nc(NC)c(C)c(N(C)Cc2cccc(Br)c2)n1. The molecule has 112 valence electrons. The molecule has 1 aromatic heterocycles. The number of anilines is 2. The zero-order valence-electron chi connectivity index (χ0n) is 12.9. The lowest BCUT2D eigenvalue weighted by Crippen LogP contribution is -2.20. The zero-order chi connectivity index (χ0) is 15.4. The van der Waals surface area contributed by atoms with Crippen molar-refractivity contribution in [2.75, 3.05) is 24.3 Å². The smallest absolute Gasteiger partial charge is 0.137 e. The first-order valence-electron chi connectivity index (χ1n) is 7.06. The van der Waals surface area contributed by atoms with Gasteiger partial charge in [0.2, 0.25) is 0 Å². The second kappa shape index (κ2) is 6.89. The Morgan fingerprint density at radius 3 is 2.67 bits per heavy atom. The summed E-state index contributed by atoms with van der Waals surface area (Å²) in [6.07, 6.45) is 0.826. The minimum atomic E-state index is 0.809. The van der Waals surface area contributed by atoms with Gasteiger partial charge in [-0.15, -0.1) is 0 Å². The van der Waals surface area contributed by atoms with Gasteiger partial charge in [-0.05, 0) is 24.6 Å². The van der Waals surface area contributed by atoms with E-state index in [0.29, 0.717) is 0 Å². The van der Waals surface area contributed by atoms with E-state index >= 15 is 0 Å². The number of hydrogen-bond acceptors (Lipinski definition) is 4. The highest BCUT2D eigenvalue weighted by Gasteiger charge is 2.13. The Hall–Kier alpha value is -1.62. The summed E-state index contributed by atoms with van der Waals surface area (Å²) in [7, 11) is 3.96. The summed E-state index contributed by atoms with van der Waals surface area (Å²) in [5, 5.41) is 3.15. The number of aryl methyl sites for hydroxylation is 1. The second-order valence-electron chi connectivity index (χ2n) is 5.03. The molecule has 1 heterocycles. The van der Waals surface area contributed by atoms with Crippen LogP contribution >= 0.6 is 15.9 Å². The molecule has 4 nitrogen and oxygen atoms in total. The molecule has 0 fully saturated rings. The molecule has 0 atom stereocenters. The minimum absolute atomic E-state index is 0.809. The van der Waals surface area contributed by atoms with Crippen molar-refractivity contribution in [1.82, 2.24) is 9.97 Å².